The van der Waals surface area contributed by atoms with E-state index < -0.39 is 6.10 Å². The molecule has 0 aliphatic rings. The van der Waals surface area contributed by atoms with E-state index >= 15 is 0 Å². The molecule has 1 unspecified atom stereocenters. The summed E-state index contributed by atoms with van der Waals surface area (Å²) in [6, 6.07) is 0. The number of allylic oxidation sites excluding steroid dienone is 8. The van der Waals surface area contributed by atoms with Crippen LogP contribution in [0.15, 0.2) is 48.6 Å². The van der Waals surface area contributed by atoms with Gasteiger partial charge in [0, 0.05) is 19.3 Å². The molecule has 0 fully saturated rings. The van der Waals surface area contributed by atoms with Gasteiger partial charge in [-0.3, -0.25) is 14.4 Å². The summed E-state index contributed by atoms with van der Waals surface area (Å²) in [5.41, 5.74) is 0. The molecule has 0 heterocycles. The highest BCUT2D eigenvalue weighted by Gasteiger charge is 2.19. The highest BCUT2D eigenvalue weighted by Crippen LogP contribution is 2.19. The molecule has 0 bridgehead atoms. The average molecular weight is 1090 g/mol. The van der Waals surface area contributed by atoms with E-state index in [-0.39, 0.29) is 31.1 Å². The van der Waals surface area contributed by atoms with Crippen molar-refractivity contribution >= 4 is 17.9 Å². The average Bonchev–Trinajstić information content (AvgIpc) is 3.44. The summed E-state index contributed by atoms with van der Waals surface area (Å²) in [5.74, 6) is -0.866. The summed E-state index contributed by atoms with van der Waals surface area (Å²) < 4.78 is 16.9. The molecule has 0 N–H and O–H groups in total. The quantitative estimate of drug-likeness (QED) is 0.0261. The molecule has 78 heavy (non-hydrogen) atoms. The molecule has 0 aromatic heterocycles. The smallest absolute Gasteiger partial charge is 0.306 e. The van der Waals surface area contributed by atoms with Crippen molar-refractivity contribution in [3.05, 3.63) is 48.6 Å². The Labute approximate surface area is 486 Å². The zero-order valence-corrected chi connectivity index (χ0v) is 52.5. The van der Waals surface area contributed by atoms with Gasteiger partial charge in [0.15, 0.2) is 6.10 Å². The molecule has 0 spiro atoms. The second-order valence-corrected chi connectivity index (χ2v) is 23.4. The monoisotopic (exact) mass is 1090 g/mol. The predicted octanol–water partition coefficient (Wildman–Crippen LogP) is 23.7. The van der Waals surface area contributed by atoms with Gasteiger partial charge in [0.05, 0.1) is 0 Å². The standard InChI is InChI=1S/C72H132O6/c1-4-7-10-13-16-19-22-24-26-28-30-31-32-33-34-35-36-37-38-39-40-42-43-45-47-50-53-56-59-62-65-71(74)77-68-69(67-76-70(73)64-61-58-55-52-49-21-18-15-12-9-6-3)78-72(75)66-63-60-57-54-51-48-46-44-41-29-27-25-23-20-17-14-11-8-5-2/h8,11,17,20,25,27,41,44,69H,4-7,9-10,12-16,18-19,21-24,26,28-40,42-43,45-68H2,1-3H3/b11-8-,20-17-,27-25-,44-41-. The number of esters is 3. The number of carbonyl (C=O) groups excluding carboxylic acids is 3. The van der Waals surface area contributed by atoms with Gasteiger partial charge in [0.2, 0.25) is 0 Å². The molecule has 0 aromatic carbocycles. The van der Waals surface area contributed by atoms with Crippen molar-refractivity contribution in [2.24, 2.45) is 0 Å². The molecule has 456 valence electrons. The van der Waals surface area contributed by atoms with Gasteiger partial charge in [-0.05, 0) is 57.8 Å². The van der Waals surface area contributed by atoms with Crippen LogP contribution in [-0.4, -0.2) is 37.2 Å². The van der Waals surface area contributed by atoms with Crippen LogP contribution in [0.5, 0.6) is 0 Å². The molecule has 0 aliphatic heterocycles. The minimum Gasteiger partial charge on any atom is -0.462 e. The van der Waals surface area contributed by atoms with Gasteiger partial charge in [-0.15, -0.1) is 0 Å². The lowest BCUT2D eigenvalue weighted by Crippen LogP contribution is -2.30. The summed E-state index contributed by atoms with van der Waals surface area (Å²) >= 11 is 0. The lowest BCUT2D eigenvalue weighted by molar-refractivity contribution is -0.167. The van der Waals surface area contributed by atoms with Crippen LogP contribution in [0.25, 0.3) is 0 Å². The van der Waals surface area contributed by atoms with Crippen LogP contribution in [0, 0.1) is 0 Å². The SMILES string of the molecule is CC/C=C\C/C=C\C/C=C\C/C=C\CCCCCCCCC(=O)OC(COC(=O)CCCCCCCCCCCCC)COC(=O)CCCCCCCCCCCCCCCCCCCCCCCCCCCCCCCC. The Kier molecular flexibility index (Phi) is 64.6. The topological polar surface area (TPSA) is 78.9 Å². The Bertz CT molecular complexity index is 1350. The molecule has 1 atom stereocenters. The number of ether oxygens (including phenoxy) is 3. The third-order valence-corrected chi connectivity index (χ3v) is 15.6. The van der Waals surface area contributed by atoms with Gasteiger partial charge in [-0.25, -0.2) is 0 Å². The van der Waals surface area contributed by atoms with Gasteiger partial charge in [0.25, 0.3) is 0 Å². The van der Waals surface area contributed by atoms with E-state index in [0.717, 1.165) is 96.3 Å². The zero-order chi connectivity index (χ0) is 56.4. The van der Waals surface area contributed by atoms with E-state index in [1.54, 1.807) is 0 Å². The molecule has 0 rings (SSSR count). The van der Waals surface area contributed by atoms with Gasteiger partial charge in [0.1, 0.15) is 13.2 Å². The number of unbranched alkanes of at least 4 members (excludes halogenated alkanes) is 45. The molecule has 0 amide bonds. The van der Waals surface area contributed by atoms with E-state index in [1.807, 2.05) is 0 Å². The first-order valence-corrected chi connectivity index (χ1v) is 34.6. The normalized spacial score (nSPS) is 12.3. The first-order chi connectivity index (χ1) is 38.5. The van der Waals surface area contributed by atoms with Crippen LogP contribution >= 0.6 is 0 Å². The molecule has 0 aromatic rings. The molecule has 6 nitrogen and oxygen atoms in total. The van der Waals surface area contributed by atoms with Crippen molar-refractivity contribution in [3.8, 4) is 0 Å². The highest BCUT2D eigenvalue weighted by molar-refractivity contribution is 5.71. The van der Waals surface area contributed by atoms with Crippen molar-refractivity contribution in [3.63, 3.8) is 0 Å². The van der Waals surface area contributed by atoms with Crippen LogP contribution in [-0.2, 0) is 28.6 Å². The van der Waals surface area contributed by atoms with E-state index in [0.29, 0.717) is 19.3 Å². The van der Waals surface area contributed by atoms with Crippen LogP contribution in [0.3, 0.4) is 0 Å². The van der Waals surface area contributed by atoms with Crippen molar-refractivity contribution in [2.45, 2.75) is 380 Å². The second-order valence-electron chi connectivity index (χ2n) is 23.4. The summed E-state index contributed by atoms with van der Waals surface area (Å²) in [7, 11) is 0. The first kappa shape index (κ1) is 75.4. The third kappa shape index (κ3) is 64.2. The minimum atomic E-state index is -0.778. The highest BCUT2D eigenvalue weighted by atomic mass is 16.6. The van der Waals surface area contributed by atoms with E-state index in [9.17, 15) is 14.4 Å². The number of hydrogen-bond donors (Lipinski definition) is 0. The minimum absolute atomic E-state index is 0.0742. The molecule has 0 saturated carbocycles. The fourth-order valence-corrected chi connectivity index (χ4v) is 10.4. The van der Waals surface area contributed by atoms with Gasteiger partial charge in [-0.1, -0.05) is 345 Å². The summed E-state index contributed by atoms with van der Waals surface area (Å²) in [4.78, 5) is 38.3. The Balaban J connectivity index is 4.14. The summed E-state index contributed by atoms with van der Waals surface area (Å²) in [5, 5.41) is 0. The van der Waals surface area contributed by atoms with E-state index in [4.69, 9.17) is 14.2 Å². The van der Waals surface area contributed by atoms with E-state index in [1.165, 1.54) is 238 Å². The first-order valence-electron chi connectivity index (χ1n) is 34.6. The van der Waals surface area contributed by atoms with Crippen LogP contribution in [0.2, 0.25) is 0 Å². The fourth-order valence-electron chi connectivity index (χ4n) is 10.4. The maximum atomic E-state index is 12.9. The molecule has 0 aliphatic carbocycles. The predicted molar refractivity (Wildman–Crippen MR) is 339 cm³/mol. The molecule has 0 saturated heterocycles. The number of hydrogen-bond acceptors (Lipinski definition) is 6. The largest absolute Gasteiger partial charge is 0.462 e. The van der Waals surface area contributed by atoms with Crippen molar-refractivity contribution < 1.29 is 28.6 Å². The van der Waals surface area contributed by atoms with Gasteiger partial charge >= 0.3 is 17.9 Å². The Hall–Kier alpha value is -2.63. The van der Waals surface area contributed by atoms with Crippen molar-refractivity contribution in [1.82, 2.24) is 0 Å². The van der Waals surface area contributed by atoms with Crippen LogP contribution in [0.1, 0.15) is 374 Å². The van der Waals surface area contributed by atoms with Gasteiger partial charge < -0.3 is 14.2 Å². The van der Waals surface area contributed by atoms with Gasteiger partial charge in [-0.2, -0.15) is 0 Å². The maximum Gasteiger partial charge on any atom is 0.306 e. The van der Waals surface area contributed by atoms with Crippen LogP contribution in [0.4, 0.5) is 0 Å². The lowest BCUT2D eigenvalue weighted by atomic mass is 10.0. The second kappa shape index (κ2) is 66.9. The summed E-state index contributed by atoms with van der Waals surface area (Å²) in [6.45, 7) is 6.57. The van der Waals surface area contributed by atoms with Crippen LogP contribution < -0.4 is 0 Å². The third-order valence-electron chi connectivity index (χ3n) is 15.6. The molecule has 0 radical (unpaired) electrons. The Morgan fingerprint density at radius 2 is 0.500 bits per heavy atom. The summed E-state index contributed by atoms with van der Waals surface area (Å²) in [6.07, 6.45) is 84.4. The van der Waals surface area contributed by atoms with Crippen molar-refractivity contribution in [1.29, 1.82) is 0 Å². The molecular formula is C72H132O6. The van der Waals surface area contributed by atoms with Crippen molar-refractivity contribution in [2.75, 3.05) is 13.2 Å². The Morgan fingerprint density at radius 1 is 0.269 bits per heavy atom. The molecular weight excluding hydrogens is 961 g/mol. The Morgan fingerprint density at radius 3 is 0.782 bits per heavy atom. The lowest BCUT2D eigenvalue weighted by Gasteiger charge is -2.18. The maximum absolute atomic E-state index is 12.9. The number of rotatable bonds is 64. The molecule has 6 heteroatoms. The zero-order valence-electron chi connectivity index (χ0n) is 52.5. The van der Waals surface area contributed by atoms with E-state index in [2.05, 4.69) is 69.4 Å². The fraction of sp³-hybridized carbons (Fsp3) is 0.847. The number of carbonyl (C=O) groups is 3.